The summed E-state index contributed by atoms with van der Waals surface area (Å²) in [7, 11) is 0. The maximum absolute atomic E-state index is 11.2. The lowest BCUT2D eigenvalue weighted by molar-refractivity contribution is -0.142. The molecule has 5 rings (SSSR count). The van der Waals surface area contributed by atoms with Gasteiger partial charge in [-0.2, -0.15) is 4.98 Å². The molecule has 0 bridgehead atoms. The fraction of sp³-hybridized carbons (Fsp3) is 0.308. The Balaban J connectivity index is 1.62. The van der Waals surface area contributed by atoms with Crippen molar-refractivity contribution >= 4 is 40.3 Å². The van der Waals surface area contributed by atoms with Crippen molar-refractivity contribution in [3.8, 4) is 23.0 Å². The Morgan fingerprint density at radius 3 is 2.69 bits per heavy atom. The van der Waals surface area contributed by atoms with Crippen LogP contribution in [-0.2, 0) is 11.3 Å². The topological polar surface area (TPSA) is 99.4 Å². The number of carboxylic acid groups (broad SMARTS) is 1. The lowest BCUT2D eigenvalue weighted by Gasteiger charge is -2.14. The van der Waals surface area contributed by atoms with E-state index in [2.05, 4.69) is 9.97 Å². The largest absolute Gasteiger partial charge is 0.491 e. The standard InChI is InChI=1S/C26H24Cl2N4O4/c1-15(25(33)34)13-35-19-8-4-7-18(20(19)28)22-31-21-23(29-14-30-24(21)36-26(2)9-10-26)32(22)12-16-5-3-6-17(27)11-16/h3-8,11,14-15H,9-10,12-13H2,1-2H3,(H,33,34)/t15-/m1/s1. The predicted octanol–water partition coefficient (Wildman–Crippen LogP) is 5.88. The summed E-state index contributed by atoms with van der Waals surface area (Å²) in [6.45, 7) is 4.03. The van der Waals surface area contributed by atoms with Crippen molar-refractivity contribution in [3.05, 3.63) is 64.4 Å². The van der Waals surface area contributed by atoms with Gasteiger partial charge in [0.1, 0.15) is 30.1 Å². The number of halogens is 2. The van der Waals surface area contributed by atoms with E-state index in [0.717, 1.165) is 18.4 Å². The Labute approximate surface area is 217 Å². The minimum atomic E-state index is -0.943. The maximum Gasteiger partial charge on any atom is 0.309 e. The predicted molar refractivity (Wildman–Crippen MR) is 137 cm³/mol. The second kappa shape index (κ2) is 9.59. The first-order valence-electron chi connectivity index (χ1n) is 11.5. The molecule has 1 aliphatic carbocycles. The van der Waals surface area contributed by atoms with E-state index in [1.807, 2.05) is 41.8 Å². The van der Waals surface area contributed by atoms with Crippen molar-refractivity contribution in [1.29, 1.82) is 0 Å². The van der Waals surface area contributed by atoms with Crippen molar-refractivity contribution in [1.82, 2.24) is 19.5 Å². The highest BCUT2D eigenvalue weighted by Gasteiger charge is 2.41. The molecule has 0 spiro atoms. The molecule has 0 aliphatic heterocycles. The lowest BCUT2D eigenvalue weighted by atomic mass is 10.1. The summed E-state index contributed by atoms with van der Waals surface area (Å²) in [5.41, 5.74) is 2.45. The fourth-order valence-electron chi connectivity index (χ4n) is 3.76. The van der Waals surface area contributed by atoms with Crippen LogP contribution in [0.1, 0.15) is 32.3 Å². The van der Waals surface area contributed by atoms with Crippen LogP contribution in [-0.4, -0.2) is 42.8 Å². The average molecular weight is 527 g/mol. The summed E-state index contributed by atoms with van der Waals surface area (Å²) in [6.07, 6.45) is 3.38. The maximum atomic E-state index is 11.2. The van der Waals surface area contributed by atoms with Gasteiger partial charge in [-0.25, -0.2) is 9.97 Å². The van der Waals surface area contributed by atoms with E-state index >= 15 is 0 Å². The molecule has 36 heavy (non-hydrogen) atoms. The van der Waals surface area contributed by atoms with Gasteiger partial charge in [-0.3, -0.25) is 4.79 Å². The number of hydrogen-bond acceptors (Lipinski definition) is 6. The van der Waals surface area contributed by atoms with Crippen molar-refractivity contribution in [2.45, 2.75) is 38.8 Å². The monoisotopic (exact) mass is 526 g/mol. The highest BCUT2D eigenvalue weighted by molar-refractivity contribution is 6.34. The Kier molecular flexibility index (Phi) is 6.49. The average Bonchev–Trinajstić information content (AvgIpc) is 3.46. The van der Waals surface area contributed by atoms with Crippen LogP contribution in [0.25, 0.3) is 22.6 Å². The zero-order valence-corrected chi connectivity index (χ0v) is 21.3. The number of benzene rings is 2. The number of aromatic nitrogens is 4. The molecule has 2 aromatic heterocycles. The van der Waals surface area contributed by atoms with Crippen LogP contribution >= 0.6 is 23.2 Å². The third-order valence-electron chi connectivity index (χ3n) is 6.14. The fourth-order valence-corrected chi connectivity index (χ4v) is 4.23. The second-order valence-corrected chi connectivity index (χ2v) is 10.0. The molecule has 0 radical (unpaired) electrons. The van der Waals surface area contributed by atoms with Gasteiger partial charge in [-0.05, 0) is 56.5 Å². The van der Waals surface area contributed by atoms with Crippen LogP contribution in [0.4, 0.5) is 0 Å². The number of rotatable bonds is 9. The first-order chi connectivity index (χ1) is 17.2. The van der Waals surface area contributed by atoms with Crippen LogP contribution in [0.15, 0.2) is 48.8 Å². The van der Waals surface area contributed by atoms with Gasteiger partial charge < -0.3 is 19.1 Å². The number of fused-ring (bicyclic) bond motifs is 1. The molecular formula is C26H24Cl2N4O4. The normalized spacial score (nSPS) is 15.0. The van der Waals surface area contributed by atoms with Crippen LogP contribution in [0.2, 0.25) is 10.0 Å². The van der Waals surface area contributed by atoms with E-state index in [0.29, 0.717) is 50.8 Å². The first kappa shape index (κ1) is 24.3. The number of imidazole rings is 1. The van der Waals surface area contributed by atoms with E-state index in [1.165, 1.54) is 6.33 Å². The van der Waals surface area contributed by atoms with Crippen molar-refractivity contribution in [2.24, 2.45) is 5.92 Å². The third-order valence-corrected chi connectivity index (χ3v) is 6.76. The van der Waals surface area contributed by atoms with Crippen molar-refractivity contribution < 1.29 is 19.4 Å². The molecule has 1 saturated carbocycles. The van der Waals surface area contributed by atoms with Gasteiger partial charge in [0.15, 0.2) is 11.2 Å². The zero-order valence-electron chi connectivity index (χ0n) is 19.7. The van der Waals surface area contributed by atoms with E-state index in [9.17, 15) is 9.90 Å². The molecule has 186 valence electrons. The van der Waals surface area contributed by atoms with E-state index in [-0.39, 0.29) is 12.2 Å². The summed E-state index contributed by atoms with van der Waals surface area (Å²) in [6, 6.07) is 12.9. The van der Waals surface area contributed by atoms with Crippen molar-refractivity contribution in [3.63, 3.8) is 0 Å². The van der Waals surface area contributed by atoms with Crippen LogP contribution < -0.4 is 9.47 Å². The molecule has 0 amide bonds. The Morgan fingerprint density at radius 2 is 1.97 bits per heavy atom. The molecule has 8 nitrogen and oxygen atoms in total. The second-order valence-electron chi connectivity index (χ2n) is 9.22. The van der Waals surface area contributed by atoms with Gasteiger partial charge in [0.05, 0.1) is 17.5 Å². The number of nitrogens with zero attached hydrogens (tertiary/aromatic N) is 4. The third kappa shape index (κ3) is 4.96. The summed E-state index contributed by atoms with van der Waals surface area (Å²) in [4.78, 5) is 25.0. The number of carboxylic acids is 1. The molecule has 2 aromatic carbocycles. The zero-order chi connectivity index (χ0) is 25.4. The molecule has 1 fully saturated rings. The van der Waals surface area contributed by atoms with Gasteiger partial charge in [-0.15, -0.1) is 0 Å². The molecule has 0 saturated heterocycles. The Morgan fingerprint density at radius 1 is 1.19 bits per heavy atom. The van der Waals surface area contributed by atoms with Gasteiger partial charge in [0.25, 0.3) is 0 Å². The minimum absolute atomic E-state index is 0.0144. The summed E-state index contributed by atoms with van der Waals surface area (Å²) in [5.74, 6) is -0.281. The van der Waals surface area contributed by atoms with E-state index in [4.69, 9.17) is 37.7 Å². The van der Waals surface area contributed by atoms with E-state index < -0.39 is 11.9 Å². The highest BCUT2D eigenvalue weighted by Crippen LogP contribution is 2.42. The summed E-state index contributed by atoms with van der Waals surface area (Å²) >= 11 is 13.0. The summed E-state index contributed by atoms with van der Waals surface area (Å²) in [5, 5.41) is 10.1. The number of aliphatic carboxylic acids is 1. The molecule has 10 heteroatoms. The van der Waals surface area contributed by atoms with Crippen LogP contribution in [0.5, 0.6) is 11.6 Å². The van der Waals surface area contributed by atoms with Gasteiger partial charge >= 0.3 is 5.97 Å². The van der Waals surface area contributed by atoms with Gasteiger partial charge in [0, 0.05) is 10.6 Å². The molecule has 4 aromatic rings. The molecule has 2 heterocycles. The van der Waals surface area contributed by atoms with Gasteiger partial charge in [-0.1, -0.05) is 41.4 Å². The Hall–Kier alpha value is -3.36. The molecule has 1 atom stereocenters. The van der Waals surface area contributed by atoms with Crippen LogP contribution in [0, 0.1) is 5.92 Å². The SMILES string of the molecule is C[C@H](COc1cccc(-c2nc3c(OC4(C)CC4)ncnc3n2Cc2cccc(Cl)c2)c1Cl)C(=O)O. The molecule has 1 N–H and O–H groups in total. The summed E-state index contributed by atoms with van der Waals surface area (Å²) < 4.78 is 13.9. The van der Waals surface area contributed by atoms with Crippen molar-refractivity contribution in [2.75, 3.05) is 6.61 Å². The van der Waals surface area contributed by atoms with E-state index in [1.54, 1.807) is 19.1 Å². The number of hydrogen-bond donors (Lipinski definition) is 1. The smallest absolute Gasteiger partial charge is 0.309 e. The highest BCUT2D eigenvalue weighted by atomic mass is 35.5. The van der Waals surface area contributed by atoms with Gasteiger partial charge in [0.2, 0.25) is 5.88 Å². The molecule has 1 aliphatic rings. The lowest BCUT2D eigenvalue weighted by Crippen LogP contribution is -2.18. The number of carbonyl (C=O) groups is 1. The molecule has 0 unspecified atom stereocenters. The quantitative estimate of drug-likeness (QED) is 0.290. The minimum Gasteiger partial charge on any atom is -0.491 e. The molecular weight excluding hydrogens is 503 g/mol. The number of ether oxygens (including phenoxy) is 2. The Bertz CT molecular complexity index is 1450. The first-order valence-corrected chi connectivity index (χ1v) is 12.3. The van der Waals surface area contributed by atoms with Crippen LogP contribution in [0.3, 0.4) is 0 Å².